The van der Waals surface area contributed by atoms with Crippen molar-refractivity contribution in [3.8, 4) is 0 Å². The van der Waals surface area contributed by atoms with Gasteiger partial charge in [0, 0.05) is 13.1 Å². The second-order valence-corrected chi connectivity index (χ2v) is 5.93. The van der Waals surface area contributed by atoms with E-state index in [4.69, 9.17) is 11.6 Å². The molecule has 1 aromatic heterocycles. The molecule has 3 heterocycles. The average Bonchev–Trinajstić information content (AvgIpc) is 2.81. The number of aromatic nitrogens is 2. The van der Waals surface area contributed by atoms with Gasteiger partial charge < -0.3 is 10.0 Å². The number of hydrogen-bond donors (Lipinski definition) is 1. The van der Waals surface area contributed by atoms with Gasteiger partial charge in [0.1, 0.15) is 17.1 Å². The molecule has 21 heavy (non-hydrogen) atoms. The lowest BCUT2D eigenvalue weighted by Gasteiger charge is -2.43. The third-order valence-electron chi connectivity index (χ3n) is 4.48. The molecule has 0 saturated carbocycles. The maximum Gasteiger partial charge on any atom is 0.407 e. The van der Waals surface area contributed by atoms with Crippen LogP contribution in [-0.2, 0) is 0 Å². The molecule has 3 rings (SSSR count). The molecular formula is C13H16ClFN4O2. The minimum atomic E-state index is -1.23. The van der Waals surface area contributed by atoms with E-state index in [-0.39, 0.29) is 11.2 Å². The van der Waals surface area contributed by atoms with Crippen molar-refractivity contribution in [2.75, 3.05) is 11.9 Å². The molecule has 4 atom stereocenters. The average molecular weight is 315 g/mol. The lowest BCUT2D eigenvalue weighted by Crippen LogP contribution is -2.58. The summed E-state index contributed by atoms with van der Waals surface area (Å²) in [5.74, 6) is 0.537. The quantitative estimate of drug-likeness (QED) is 0.906. The van der Waals surface area contributed by atoms with Crippen LogP contribution in [0.4, 0.5) is 15.0 Å². The van der Waals surface area contributed by atoms with Crippen LogP contribution in [0.5, 0.6) is 0 Å². The Morgan fingerprint density at radius 1 is 1.48 bits per heavy atom. The standard InChI is InChI=1S/C13H16ClFN4O2/c1-18(11-6-16-10(14)5-17-11)9-4-7-2-3-8(12(9)15)19(7)13(20)21/h5-9,12H,2-4H2,1H3,(H,20,21)/t7-,8+,9-,12+/m1/s1. The Labute approximate surface area is 126 Å². The van der Waals surface area contributed by atoms with E-state index in [1.807, 2.05) is 0 Å². The molecular weight excluding hydrogens is 299 g/mol. The first kappa shape index (κ1) is 14.3. The molecule has 0 spiro atoms. The zero-order valence-corrected chi connectivity index (χ0v) is 12.2. The normalized spacial score (nSPS) is 31.3. The van der Waals surface area contributed by atoms with Crippen LogP contribution in [0, 0.1) is 0 Å². The highest BCUT2D eigenvalue weighted by atomic mass is 35.5. The predicted octanol–water partition coefficient (Wildman–Crippen LogP) is 2.19. The topological polar surface area (TPSA) is 69.6 Å². The molecule has 2 aliphatic rings. The largest absolute Gasteiger partial charge is 0.465 e. The summed E-state index contributed by atoms with van der Waals surface area (Å²) in [6, 6.07) is -1.07. The number of alkyl halides is 1. The molecule has 6 nitrogen and oxygen atoms in total. The Morgan fingerprint density at radius 3 is 2.86 bits per heavy atom. The lowest BCUT2D eigenvalue weighted by molar-refractivity contribution is 0.0490. The summed E-state index contributed by atoms with van der Waals surface area (Å²) in [6.07, 6.45) is 2.41. The van der Waals surface area contributed by atoms with Crippen LogP contribution in [0.25, 0.3) is 0 Å². The fraction of sp³-hybridized carbons (Fsp3) is 0.615. The smallest absolute Gasteiger partial charge is 0.407 e. The number of hydrogen-bond acceptors (Lipinski definition) is 4. The highest BCUT2D eigenvalue weighted by molar-refractivity contribution is 6.29. The Kier molecular flexibility index (Phi) is 3.61. The number of carboxylic acid groups (broad SMARTS) is 1. The minimum absolute atomic E-state index is 0.118. The van der Waals surface area contributed by atoms with Crippen molar-refractivity contribution in [2.45, 2.75) is 43.6 Å². The number of rotatable bonds is 2. The van der Waals surface area contributed by atoms with Gasteiger partial charge in [-0.1, -0.05) is 11.6 Å². The Bertz CT molecular complexity index is 543. The van der Waals surface area contributed by atoms with E-state index in [9.17, 15) is 14.3 Å². The summed E-state index contributed by atoms with van der Waals surface area (Å²) in [5, 5.41) is 9.50. The zero-order valence-electron chi connectivity index (χ0n) is 11.5. The minimum Gasteiger partial charge on any atom is -0.465 e. The van der Waals surface area contributed by atoms with Crippen molar-refractivity contribution >= 4 is 23.5 Å². The zero-order chi connectivity index (χ0) is 15.1. The van der Waals surface area contributed by atoms with Gasteiger partial charge in [-0.05, 0) is 19.3 Å². The number of carbonyl (C=O) groups is 1. The summed E-state index contributed by atoms with van der Waals surface area (Å²) in [5.41, 5.74) is 0. The highest BCUT2D eigenvalue weighted by Crippen LogP contribution is 2.39. The summed E-state index contributed by atoms with van der Waals surface area (Å²) in [4.78, 5) is 22.4. The van der Waals surface area contributed by atoms with Gasteiger partial charge in [-0.25, -0.2) is 19.2 Å². The second kappa shape index (κ2) is 5.29. The van der Waals surface area contributed by atoms with Crippen molar-refractivity contribution in [2.24, 2.45) is 0 Å². The van der Waals surface area contributed by atoms with Crippen molar-refractivity contribution in [3.05, 3.63) is 17.5 Å². The number of halogens is 2. The number of nitrogens with zero attached hydrogens (tertiary/aromatic N) is 4. The van der Waals surface area contributed by atoms with Crippen LogP contribution in [0.15, 0.2) is 12.4 Å². The molecule has 2 bridgehead atoms. The van der Waals surface area contributed by atoms with Gasteiger partial charge in [0.2, 0.25) is 0 Å². The number of piperidine rings is 1. The number of anilines is 1. The van der Waals surface area contributed by atoms with Gasteiger partial charge in [-0.15, -0.1) is 0 Å². The molecule has 1 amide bonds. The van der Waals surface area contributed by atoms with Gasteiger partial charge in [-0.3, -0.25) is 4.90 Å². The summed E-state index contributed by atoms with van der Waals surface area (Å²) < 4.78 is 14.7. The van der Waals surface area contributed by atoms with E-state index >= 15 is 0 Å². The molecule has 0 aromatic carbocycles. The molecule has 2 fully saturated rings. The monoisotopic (exact) mass is 314 g/mol. The summed E-state index contributed by atoms with van der Waals surface area (Å²) in [6.45, 7) is 0. The van der Waals surface area contributed by atoms with Crippen molar-refractivity contribution in [1.82, 2.24) is 14.9 Å². The molecule has 1 aromatic rings. The first-order valence-electron chi connectivity index (χ1n) is 6.84. The van der Waals surface area contributed by atoms with Crippen LogP contribution in [-0.4, -0.2) is 57.4 Å². The van der Waals surface area contributed by atoms with Crippen LogP contribution < -0.4 is 4.90 Å². The van der Waals surface area contributed by atoms with Crippen molar-refractivity contribution < 1.29 is 14.3 Å². The lowest BCUT2D eigenvalue weighted by atomic mass is 9.94. The van der Waals surface area contributed by atoms with Gasteiger partial charge in [0.15, 0.2) is 0 Å². The molecule has 1 N–H and O–H groups in total. The third kappa shape index (κ3) is 2.39. The second-order valence-electron chi connectivity index (χ2n) is 5.54. The molecule has 0 unspecified atom stereocenters. The van der Waals surface area contributed by atoms with Gasteiger partial charge in [0.25, 0.3) is 0 Å². The van der Waals surface area contributed by atoms with Crippen LogP contribution in [0.3, 0.4) is 0 Å². The predicted molar refractivity (Wildman–Crippen MR) is 75.4 cm³/mol. The first-order chi connectivity index (χ1) is 9.99. The molecule has 2 saturated heterocycles. The van der Waals surface area contributed by atoms with Crippen LogP contribution in [0.1, 0.15) is 19.3 Å². The summed E-state index contributed by atoms with van der Waals surface area (Å²) >= 11 is 5.70. The molecule has 2 aliphatic heterocycles. The van der Waals surface area contributed by atoms with E-state index in [0.717, 1.165) is 0 Å². The SMILES string of the molecule is CN(c1cnc(Cl)cn1)[C@@H]1C[C@H]2CC[C@@H]([C@@H]1F)N2C(=O)O. The maximum absolute atomic E-state index is 14.7. The fourth-order valence-electron chi connectivity index (χ4n) is 3.45. The van der Waals surface area contributed by atoms with Crippen molar-refractivity contribution in [3.63, 3.8) is 0 Å². The summed E-state index contributed by atoms with van der Waals surface area (Å²) in [7, 11) is 1.75. The van der Waals surface area contributed by atoms with Crippen molar-refractivity contribution in [1.29, 1.82) is 0 Å². The third-order valence-corrected chi connectivity index (χ3v) is 4.68. The van der Waals surface area contributed by atoms with E-state index < -0.39 is 24.3 Å². The fourth-order valence-corrected chi connectivity index (χ4v) is 3.55. The molecule has 114 valence electrons. The van der Waals surface area contributed by atoms with Gasteiger partial charge in [0.05, 0.1) is 24.5 Å². The highest BCUT2D eigenvalue weighted by Gasteiger charge is 2.51. The first-order valence-corrected chi connectivity index (χ1v) is 7.22. The van der Waals surface area contributed by atoms with Gasteiger partial charge >= 0.3 is 6.09 Å². The molecule has 8 heteroatoms. The Morgan fingerprint density at radius 2 is 2.24 bits per heavy atom. The van der Waals surface area contributed by atoms with E-state index in [2.05, 4.69) is 9.97 Å². The van der Waals surface area contributed by atoms with Gasteiger partial charge in [-0.2, -0.15) is 0 Å². The number of fused-ring (bicyclic) bond motifs is 2. The Hall–Kier alpha value is -1.63. The molecule has 0 aliphatic carbocycles. The van der Waals surface area contributed by atoms with E-state index in [1.165, 1.54) is 17.3 Å². The molecule has 0 radical (unpaired) electrons. The van der Waals surface area contributed by atoms with Crippen LogP contribution in [0.2, 0.25) is 5.15 Å². The van der Waals surface area contributed by atoms with E-state index in [1.54, 1.807) is 11.9 Å². The van der Waals surface area contributed by atoms with E-state index in [0.29, 0.717) is 25.1 Å². The Balaban J connectivity index is 1.81. The van der Waals surface area contributed by atoms with Crippen LogP contribution >= 0.6 is 11.6 Å². The maximum atomic E-state index is 14.7. The number of amides is 1.